The van der Waals surface area contributed by atoms with E-state index in [0.717, 1.165) is 23.5 Å². The predicted molar refractivity (Wildman–Crippen MR) is 50.4 cm³/mol. The van der Waals surface area contributed by atoms with Crippen LogP contribution in [0.15, 0.2) is 30.7 Å². The number of aromatic amines is 1. The molecule has 2 aromatic heterocycles. The van der Waals surface area contributed by atoms with E-state index in [4.69, 9.17) is 0 Å². The predicted octanol–water partition coefficient (Wildman–Crippen LogP) is 1.70. The monoisotopic (exact) mass is 173 g/mol. The third-order valence-electron chi connectivity index (χ3n) is 1.87. The minimum Gasteiger partial charge on any atom is -0.365 e. The number of aromatic nitrogens is 3. The molecule has 1 N–H and O–H groups in total. The van der Waals surface area contributed by atoms with Gasteiger partial charge in [-0.3, -0.25) is 9.97 Å². The molecule has 13 heavy (non-hydrogen) atoms. The van der Waals surface area contributed by atoms with Crippen LogP contribution in [0.4, 0.5) is 0 Å². The summed E-state index contributed by atoms with van der Waals surface area (Å²) in [6.45, 7) is 1.94. The van der Waals surface area contributed by atoms with Crippen LogP contribution < -0.4 is 0 Å². The summed E-state index contributed by atoms with van der Waals surface area (Å²) >= 11 is 0. The summed E-state index contributed by atoms with van der Waals surface area (Å²) in [5.41, 5.74) is 3.11. The first-order valence-corrected chi connectivity index (χ1v) is 4.24. The molecule has 66 valence electrons. The zero-order valence-electron chi connectivity index (χ0n) is 7.49. The van der Waals surface area contributed by atoms with Gasteiger partial charge in [0, 0.05) is 30.7 Å². The van der Waals surface area contributed by atoms with Gasteiger partial charge in [-0.15, -0.1) is 0 Å². The van der Waals surface area contributed by atoms with Crippen molar-refractivity contribution in [1.82, 2.24) is 15.0 Å². The molecule has 0 saturated carbocycles. The number of rotatable bonds is 2. The summed E-state index contributed by atoms with van der Waals surface area (Å²) < 4.78 is 0. The Morgan fingerprint density at radius 3 is 2.85 bits per heavy atom. The number of hydrogen-bond donors (Lipinski definition) is 1. The molecule has 0 bridgehead atoms. The van der Waals surface area contributed by atoms with Crippen molar-refractivity contribution in [2.75, 3.05) is 0 Å². The van der Waals surface area contributed by atoms with Crippen LogP contribution in [0.2, 0.25) is 0 Å². The zero-order chi connectivity index (χ0) is 9.10. The van der Waals surface area contributed by atoms with Gasteiger partial charge in [-0.25, -0.2) is 0 Å². The summed E-state index contributed by atoms with van der Waals surface area (Å²) in [4.78, 5) is 11.6. The average Bonchev–Trinajstić information content (AvgIpc) is 2.62. The Kier molecular flexibility index (Phi) is 2.08. The number of H-pyrrole nitrogens is 1. The second kappa shape index (κ2) is 3.39. The van der Waals surface area contributed by atoms with Gasteiger partial charge < -0.3 is 4.98 Å². The second-order valence-corrected chi connectivity index (χ2v) is 3.02. The quantitative estimate of drug-likeness (QED) is 0.751. The van der Waals surface area contributed by atoms with Gasteiger partial charge in [0.1, 0.15) is 0 Å². The summed E-state index contributed by atoms with van der Waals surface area (Å²) in [5.74, 6) is 0. The highest BCUT2D eigenvalue weighted by molar-refractivity contribution is 5.13. The van der Waals surface area contributed by atoms with Crippen molar-refractivity contribution in [3.8, 4) is 0 Å². The summed E-state index contributed by atoms with van der Waals surface area (Å²) in [6.07, 6.45) is 6.34. The van der Waals surface area contributed by atoms with Gasteiger partial charge in [0.25, 0.3) is 0 Å². The van der Waals surface area contributed by atoms with Crippen molar-refractivity contribution in [3.63, 3.8) is 0 Å². The Hall–Kier alpha value is -1.64. The fourth-order valence-electron chi connectivity index (χ4n) is 1.18. The van der Waals surface area contributed by atoms with Crippen molar-refractivity contribution in [3.05, 3.63) is 47.8 Å². The van der Waals surface area contributed by atoms with Crippen LogP contribution in [0.5, 0.6) is 0 Å². The first-order chi connectivity index (χ1) is 6.34. The molecular weight excluding hydrogens is 162 g/mol. The summed E-state index contributed by atoms with van der Waals surface area (Å²) in [7, 11) is 0. The maximum atomic E-state index is 4.27. The lowest BCUT2D eigenvalue weighted by Gasteiger charge is -1.97. The topological polar surface area (TPSA) is 41.6 Å². The molecule has 0 atom stereocenters. The summed E-state index contributed by atoms with van der Waals surface area (Å²) in [6, 6.07) is 4.03. The van der Waals surface area contributed by atoms with Gasteiger partial charge in [0.2, 0.25) is 0 Å². The highest BCUT2D eigenvalue weighted by atomic mass is 14.8. The Morgan fingerprint density at radius 2 is 2.23 bits per heavy atom. The van der Waals surface area contributed by atoms with E-state index in [1.807, 2.05) is 31.5 Å². The smallest absolute Gasteiger partial charge is 0.0645 e. The van der Waals surface area contributed by atoms with E-state index < -0.39 is 0 Å². The van der Waals surface area contributed by atoms with Crippen LogP contribution in [-0.2, 0) is 6.42 Å². The van der Waals surface area contributed by atoms with E-state index in [1.54, 1.807) is 6.20 Å². The van der Waals surface area contributed by atoms with Crippen molar-refractivity contribution in [2.45, 2.75) is 13.3 Å². The molecule has 0 unspecified atom stereocenters. The molecule has 2 heterocycles. The second-order valence-electron chi connectivity index (χ2n) is 3.02. The molecule has 3 nitrogen and oxygen atoms in total. The molecule has 0 amide bonds. The molecule has 0 saturated heterocycles. The number of nitrogens with zero attached hydrogens (tertiary/aromatic N) is 2. The first-order valence-electron chi connectivity index (χ1n) is 4.24. The molecule has 0 aliphatic carbocycles. The van der Waals surface area contributed by atoms with Gasteiger partial charge in [-0.1, -0.05) is 0 Å². The highest BCUT2D eigenvalue weighted by Crippen LogP contribution is 2.03. The third-order valence-corrected chi connectivity index (χ3v) is 1.87. The molecular formula is C10H11N3. The van der Waals surface area contributed by atoms with E-state index >= 15 is 0 Å². The molecule has 0 aliphatic heterocycles. The van der Waals surface area contributed by atoms with Crippen LogP contribution in [-0.4, -0.2) is 15.0 Å². The van der Waals surface area contributed by atoms with Crippen molar-refractivity contribution < 1.29 is 0 Å². The van der Waals surface area contributed by atoms with Crippen LogP contribution in [0, 0.1) is 6.92 Å². The third kappa shape index (κ3) is 1.93. The van der Waals surface area contributed by atoms with Crippen molar-refractivity contribution >= 4 is 0 Å². The molecule has 0 fully saturated rings. The lowest BCUT2D eigenvalue weighted by Crippen LogP contribution is -1.94. The van der Waals surface area contributed by atoms with E-state index in [1.165, 1.54) is 0 Å². The minimum absolute atomic E-state index is 0.820. The van der Waals surface area contributed by atoms with Crippen LogP contribution in [0.3, 0.4) is 0 Å². The maximum absolute atomic E-state index is 4.27. The zero-order valence-corrected chi connectivity index (χ0v) is 7.49. The Morgan fingerprint density at radius 1 is 1.31 bits per heavy atom. The lowest BCUT2D eigenvalue weighted by atomic mass is 10.2. The standard InChI is InChI=1S/C10H11N3/c1-8-6-13-10(7-12-8)5-9-3-2-4-11-9/h2-4,6-7,11H,5H2,1H3. The largest absolute Gasteiger partial charge is 0.365 e. The maximum Gasteiger partial charge on any atom is 0.0645 e. The van der Waals surface area contributed by atoms with E-state index in [-0.39, 0.29) is 0 Å². The highest BCUT2D eigenvalue weighted by Gasteiger charge is 1.97. The van der Waals surface area contributed by atoms with E-state index in [9.17, 15) is 0 Å². The summed E-state index contributed by atoms with van der Waals surface area (Å²) in [5, 5.41) is 0. The Balaban J connectivity index is 2.15. The lowest BCUT2D eigenvalue weighted by molar-refractivity contribution is 0.979. The fourth-order valence-corrected chi connectivity index (χ4v) is 1.18. The van der Waals surface area contributed by atoms with Crippen molar-refractivity contribution in [2.24, 2.45) is 0 Å². The number of aryl methyl sites for hydroxylation is 1. The van der Waals surface area contributed by atoms with Gasteiger partial charge in [-0.05, 0) is 19.1 Å². The molecule has 0 aliphatic rings. The van der Waals surface area contributed by atoms with Crippen LogP contribution in [0.25, 0.3) is 0 Å². The molecule has 0 radical (unpaired) electrons. The molecule has 2 rings (SSSR count). The van der Waals surface area contributed by atoms with Gasteiger partial charge in [-0.2, -0.15) is 0 Å². The molecule has 0 aromatic carbocycles. The minimum atomic E-state index is 0.820. The molecule has 3 heteroatoms. The van der Waals surface area contributed by atoms with E-state index in [0.29, 0.717) is 0 Å². The van der Waals surface area contributed by atoms with Gasteiger partial charge in [0.15, 0.2) is 0 Å². The molecule has 0 spiro atoms. The van der Waals surface area contributed by atoms with Gasteiger partial charge in [0.05, 0.1) is 11.4 Å². The fraction of sp³-hybridized carbons (Fsp3) is 0.200. The average molecular weight is 173 g/mol. The number of hydrogen-bond acceptors (Lipinski definition) is 2. The van der Waals surface area contributed by atoms with E-state index in [2.05, 4.69) is 15.0 Å². The van der Waals surface area contributed by atoms with Gasteiger partial charge >= 0.3 is 0 Å². The Bertz CT molecular complexity index is 362. The normalized spacial score (nSPS) is 10.2. The first kappa shape index (κ1) is 7.98. The van der Waals surface area contributed by atoms with Crippen LogP contribution in [0.1, 0.15) is 17.1 Å². The Labute approximate surface area is 76.9 Å². The van der Waals surface area contributed by atoms with Crippen LogP contribution >= 0.6 is 0 Å². The number of nitrogens with one attached hydrogen (secondary N) is 1. The SMILES string of the molecule is Cc1cnc(Cc2ccc[nH]2)cn1. The molecule has 2 aromatic rings. The van der Waals surface area contributed by atoms with Crippen molar-refractivity contribution in [1.29, 1.82) is 0 Å².